The van der Waals surface area contributed by atoms with E-state index in [1.807, 2.05) is 6.92 Å². The minimum absolute atomic E-state index is 0.326. The number of Topliss-reactive ketones (excluding diaryl/α,β-unsaturated/α-hetero) is 1. The van der Waals surface area contributed by atoms with Crippen molar-refractivity contribution in [3.8, 4) is 0 Å². The molecule has 0 amide bonds. The molecular weight excluding hydrogens is 196 g/mol. The molecule has 16 heavy (non-hydrogen) atoms. The summed E-state index contributed by atoms with van der Waals surface area (Å²) in [5.74, 6) is 2.76. The number of carbonyl (C=O) groups excluding carboxylic acids is 1. The van der Waals surface area contributed by atoms with Gasteiger partial charge in [-0.15, -0.1) is 0 Å². The Labute approximate surface area is 98.6 Å². The van der Waals surface area contributed by atoms with E-state index in [1.165, 1.54) is 12.0 Å². The molecule has 0 aromatic carbocycles. The zero-order valence-electron chi connectivity index (χ0n) is 10.6. The Morgan fingerprint density at radius 2 is 2.12 bits per heavy atom. The summed E-state index contributed by atoms with van der Waals surface area (Å²) in [6, 6.07) is 0. The van der Waals surface area contributed by atoms with Crippen LogP contribution >= 0.6 is 0 Å². The van der Waals surface area contributed by atoms with E-state index < -0.39 is 0 Å². The Kier molecular flexibility index (Phi) is 3.05. The molecule has 2 aliphatic rings. The zero-order chi connectivity index (χ0) is 11.9. The number of ketones is 1. The molecule has 0 radical (unpaired) electrons. The number of allylic oxidation sites excluding steroid dienone is 3. The van der Waals surface area contributed by atoms with Crippen LogP contribution in [-0.4, -0.2) is 5.78 Å². The van der Waals surface area contributed by atoms with Gasteiger partial charge in [0.2, 0.25) is 0 Å². The third-order valence-corrected chi connectivity index (χ3v) is 4.43. The summed E-state index contributed by atoms with van der Waals surface area (Å²) in [4.78, 5) is 11.8. The van der Waals surface area contributed by atoms with Crippen LogP contribution in [0.1, 0.15) is 40.0 Å². The number of hydrogen-bond donors (Lipinski definition) is 0. The van der Waals surface area contributed by atoms with E-state index in [1.54, 1.807) is 0 Å². The number of fused-ring (bicyclic) bond motifs is 1. The van der Waals surface area contributed by atoms with Crippen LogP contribution in [0.2, 0.25) is 0 Å². The molecule has 88 valence electrons. The Morgan fingerprint density at radius 3 is 2.75 bits per heavy atom. The first-order valence-corrected chi connectivity index (χ1v) is 6.40. The van der Waals surface area contributed by atoms with Gasteiger partial charge in [-0.2, -0.15) is 0 Å². The summed E-state index contributed by atoms with van der Waals surface area (Å²) < 4.78 is 0. The molecule has 0 aromatic rings. The Balaban J connectivity index is 2.31. The van der Waals surface area contributed by atoms with Crippen molar-refractivity contribution in [2.75, 3.05) is 0 Å². The smallest absolute Gasteiger partial charge is 0.158 e. The Morgan fingerprint density at radius 1 is 1.44 bits per heavy atom. The first-order chi connectivity index (χ1) is 7.50. The molecule has 1 nitrogen and oxygen atoms in total. The summed E-state index contributed by atoms with van der Waals surface area (Å²) in [6.07, 6.45) is 5.29. The summed E-state index contributed by atoms with van der Waals surface area (Å²) >= 11 is 0. The standard InChI is InChI=1S/C15H22O/c1-9(2)12-6-5-10(3)13-8-15(16)11(4)7-14(12)13/h7,9,12-14H,3,5-6,8H2,1-2,4H3/t12-,13-,14-/m0/s1. The van der Waals surface area contributed by atoms with E-state index in [9.17, 15) is 4.79 Å². The lowest BCUT2D eigenvalue weighted by Gasteiger charge is -2.42. The van der Waals surface area contributed by atoms with Crippen LogP contribution in [0.5, 0.6) is 0 Å². The van der Waals surface area contributed by atoms with Crippen LogP contribution in [-0.2, 0) is 4.79 Å². The fraction of sp³-hybridized carbons (Fsp3) is 0.667. The van der Waals surface area contributed by atoms with E-state index in [4.69, 9.17) is 0 Å². The monoisotopic (exact) mass is 218 g/mol. The highest BCUT2D eigenvalue weighted by Gasteiger charge is 2.39. The van der Waals surface area contributed by atoms with Gasteiger partial charge in [0.05, 0.1) is 0 Å². The van der Waals surface area contributed by atoms with E-state index >= 15 is 0 Å². The molecule has 0 saturated heterocycles. The van der Waals surface area contributed by atoms with Crippen LogP contribution in [0.3, 0.4) is 0 Å². The van der Waals surface area contributed by atoms with Gasteiger partial charge in [-0.3, -0.25) is 4.79 Å². The van der Waals surface area contributed by atoms with Crippen molar-refractivity contribution in [3.63, 3.8) is 0 Å². The number of rotatable bonds is 1. The van der Waals surface area contributed by atoms with Gasteiger partial charge in [0.25, 0.3) is 0 Å². The van der Waals surface area contributed by atoms with Crippen LogP contribution < -0.4 is 0 Å². The largest absolute Gasteiger partial charge is 0.295 e. The van der Waals surface area contributed by atoms with Crippen LogP contribution in [0.25, 0.3) is 0 Å². The van der Waals surface area contributed by atoms with E-state index in [0.717, 1.165) is 17.9 Å². The van der Waals surface area contributed by atoms with Crippen molar-refractivity contribution in [1.29, 1.82) is 0 Å². The molecular formula is C15H22O. The van der Waals surface area contributed by atoms with Gasteiger partial charge in [-0.25, -0.2) is 0 Å². The molecule has 0 unspecified atom stereocenters. The number of hydrogen-bond acceptors (Lipinski definition) is 1. The second-order valence-electron chi connectivity index (χ2n) is 5.77. The molecule has 1 saturated carbocycles. The molecule has 1 heteroatoms. The highest BCUT2D eigenvalue weighted by Crippen LogP contribution is 2.46. The second-order valence-corrected chi connectivity index (χ2v) is 5.77. The molecule has 2 rings (SSSR count). The average Bonchev–Trinajstić information content (AvgIpc) is 2.21. The minimum Gasteiger partial charge on any atom is -0.295 e. The highest BCUT2D eigenvalue weighted by molar-refractivity contribution is 5.96. The second kappa shape index (κ2) is 4.20. The maximum Gasteiger partial charge on any atom is 0.158 e. The molecule has 1 fully saturated rings. The Hall–Kier alpha value is -0.850. The lowest BCUT2D eigenvalue weighted by atomic mass is 9.62. The maximum absolute atomic E-state index is 11.8. The summed E-state index contributed by atoms with van der Waals surface area (Å²) in [7, 11) is 0. The zero-order valence-corrected chi connectivity index (χ0v) is 10.6. The third-order valence-electron chi connectivity index (χ3n) is 4.43. The summed E-state index contributed by atoms with van der Waals surface area (Å²) in [5.41, 5.74) is 2.28. The maximum atomic E-state index is 11.8. The lowest BCUT2D eigenvalue weighted by molar-refractivity contribution is -0.117. The quantitative estimate of drug-likeness (QED) is 0.612. The predicted molar refractivity (Wildman–Crippen MR) is 67.1 cm³/mol. The third kappa shape index (κ3) is 1.88. The van der Waals surface area contributed by atoms with Gasteiger partial charge in [-0.05, 0) is 49.0 Å². The number of carbonyl (C=O) groups is 1. The van der Waals surface area contributed by atoms with Crippen molar-refractivity contribution in [3.05, 3.63) is 23.8 Å². The molecule has 0 N–H and O–H groups in total. The minimum atomic E-state index is 0.326. The van der Waals surface area contributed by atoms with Gasteiger partial charge < -0.3 is 0 Å². The normalized spacial score (nSPS) is 35.0. The highest BCUT2D eigenvalue weighted by atomic mass is 16.1. The van der Waals surface area contributed by atoms with Crippen molar-refractivity contribution in [1.82, 2.24) is 0 Å². The average molecular weight is 218 g/mol. The Bertz CT molecular complexity index is 348. The van der Waals surface area contributed by atoms with E-state index in [0.29, 0.717) is 30.0 Å². The van der Waals surface area contributed by atoms with Gasteiger partial charge in [0.1, 0.15) is 0 Å². The topological polar surface area (TPSA) is 17.1 Å². The SMILES string of the molecule is C=C1CC[C@@H](C(C)C)[C@@H]2C=C(C)C(=O)C[C@@H]12. The summed E-state index contributed by atoms with van der Waals surface area (Å²) in [5, 5.41) is 0. The van der Waals surface area contributed by atoms with Gasteiger partial charge in [-0.1, -0.05) is 32.1 Å². The molecule has 0 aliphatic heterocycles. The van der Waals surface area contributed by atoms with Crippen LogP contribution in [0.15, 0.2) is 23.8 Å². The molecule has 2 aliphatic carbocycles. The van der Waals surface area contributed by atoms with Crippen molar-refractivity contribution in [2.45, 2.75) is 40.0 Å². The molecule has 0 spiro atoms. The van der Waals surface area contributed by atoms with Gasteiger partial charge >= 0.3 is 0 Å². The van der Waals surface area contributed by atoms with Crippen molar-refractivity contribution >= 4 is 5.78 Å². The molecule has 0 heterocycles. The first-order valence-electron chi connectivity index (χ1n) is 6.40. The van der Waals surface area contributed by atoms with Gasteiger partial charge in [0.15, 0.2) is 5.78 Å². The first kappa shape index (κ1) is 11.6. The van der Waals surface area contributed by atoms with E-state index in [2.05, 4.69) is 26.5 Å². The molecule has 0 bridgehead atoms. The molecule has 3 atom stereocenters. The fourth-order valence-electron chi connectivity index (χ4n) is 3.34. The predicted octanol–water partition coefficient (Wildman–Crippen LogP) is 3.76. The summed E-state index contributed by atoms with van der Waals surface area (Å²) in [6.45, 7) is 10.7. The lowest BCUT2D eigenvalue weighted by Crippen LogP contribution is -2.35. The molecule has 0 aromatic heterocycles. The van der Waals surface area contributed by atoms with Gasteiger partial charge in [0, 0.05) is 6.42 Å². The van der Waals surface area contributed by atoms with Crippen LogP contribution in [0, 0.1) is 23.7 Å². The van der Waals surface area contributed by atoms with E-state index in [-0.39, 0.29) is 0 Å². The van der Waals surface area contributed by atoms with Crippen LogP contribution in [0.4, 0.5) is 0 Å². The van der Waals surface area contributed by atoms with Crippen molar-refractivity contribution in [2.24, 2.45) is 23.7 Å². The van der Waals surface area contributed by atoms with Crippen molar-refractivity contribution < 1.29 is 4.79 Å². The fourth-order valence-corrected chi connectivity index (χ4v) is 3.34.